The Kier molecular flexibility index (Phi) is 7.02. The van der Waals surface area contributed by atoms with Crippen LogP contribution in [0, 0.1) is 0 Å². The first-order valence-corrected chi connectivity index (χ1v) is 15.1. The molecule has 4 aromatic carbocycles. The van der Waals surface area contributed by atoms with Crippen molar-refractivity contribution in [2.24, 2.45) is 0 Å². The van der Waals surface area contributed by atoms with Crippen LogP contribution in [0.4, 0.5) is 0 Å². The van der Waals surface area contributed by atoms with Gasteiger partial charge in [0.25, 0.3) is 0 Å². The van der Waals surface area contributed by atoms with E-state index >= 15 is 0 Å². The van der Waals surface area contributed by atoms with E-state index in [-0.39, 0.29) is 18.9 Å². The lowest BCUT2D eigenvalue weighted by Crippen LogP contribution is -2.11. The van der Waals surface area contributed by atoms with Gasteiger partial charge in [-0.15, -0.1) is 11.3 Å². The number of aliphatic hydroxyl groups is 1. The standard InChI is InChI=1S/C33H25N3O5S2/c1-40-22-11-12-23(27(15-22)41-18-21-7-3-2-6-20(21)17-37)29-31(33(38)39)36(16-19-10-13-25-26(14-19)35-43-34-25)30-24-8-4-5-9-28(24)42-32(29)30/h2-15,37H,16-18H2,1H3,(H,38,39). The number of hydrogen-bond acceptors (Lipinski definition) is 8. The maximum atomic E-state index is 13.1. The molecule has 7 rings (SSSR count). The van der Waals surface area contributed by atoms with Gasteiger partial charge in [0, 0.05) is 33.8 Å². The summed E-state index contributed by atoms with van der Waals surface area (Å²) in [4.78, 5) is 13.1. The normalized spacial score (nSPS) is 11.5. The minimum absolute atomic E-state index is 0.109. The van der Waals surface area contributed by atoms with E-state index in [1.165, 1.54) is 0 Å². The van der Waals surface area contributed by atoms with Gasteiger partial charge in [0.2, 0.25) is 0 Å². The number of rotatable bonds is 9. The highest BCUT2D eigenvalue weighted by atomic mass is 32.1. The molecule has 10 heteroatoms. The molecule has 0 saturated heterocycles. The van der Waals surface area contributed by atoms with Crippen LogP contribution in [0.15, 0.2) is 84.9 Å². The number of fused-ring (bicyclic) bond motifs is 4. The van der Waals surface area contributed by atoms with Crippen molar-refractivity contribution in [2.75, 3.05) is 7.11 Å². The second-order valence-electron chi connectivity index (χ2n) is 10.1. The Hall–Kier alpha value is -4.77. The number of carbonyl (C=O) groups is 1. The number of nitrogens with zero attached hydrogens (tertiary/aromatic N) is 3. The molecular formula is C33H25N3O5S2. The van der Waals surface area contributed by atoms with Gasteiger partial charge in [-0.1, -0.05) is 48.5 Å². The number of benzene rings is 4. The number of ether oxygens (including phenoxy) is 2. The van der Waals surface area contributed by atoms with Gasteiger partial charge in [-0.25, -0.2) is 4.79 Å². The van der Waals surface area contributed by atoms with Crippen LogP contribution in [0.3, 0.4) is 0 Å². The Bertz CT molecular complexity index is 2150. The summed E-state index contributed by atoms with van der Waals surface area (Å²) in [5, 5.41) is 21.6. The van der Waals surface area contributed by atoms with Crippen LogP contribution in [0.5, 0.6) is 11.5 Å². The fraction of sp³-hybridized carbons (Fsp3) is 0.121. The molecule has 0 bridgehead atoms. The molecule has 0 amide bonds. The summed E-state index contributed by atoms with van der Waals surface area (Å²) >= 11 is 2.72. The highest BCUT2D eigenvalue weighted by Crippen LogP contribution is 2.47. The molecule has 3 heterocycles. The quantitative estimate of drug-likeness (QED) is 0.177. The largest absolute Gasteiger partial charge is 0.497 e. The number of carboxylic acids is 1. The van der Waals surface area contributed by atoms with E-state index in [0.29, 0.717) is 29.2 Å². The number of methoxy groups -OCH3 is 1. The minimum atomic E-state index is -1.04. The Morgan fingerprint density at radius 2 is 1.72 bits per heavy atom. The first-order chi connectivity index (χ1) is 21.1. The van der Waals surface area contributed by atoms with Crippen LogP contribution < -0.4 is 9.47 Å². The summed E-state index contributed by atoms with van der Waals surface area (Å²) in [6, 6.07) is 26.9. The highest BCUT2D eigenvalue weighted by molar-refractivity contribution is 7.26. The molecule has 0 unspecified atom stereocenters. The number of carboxylic acid groups (broad SMARTS) is 1. The van der Waals surface area contributed by atoms with Crippen LogP contribution in [0.1, 0.15) is 27.2 Å². The molecule has 0 aliphatic carbocycles. The van der Waals surface area contributed by atoms with Crippen molar-refractivity contribution >= 4 is 60.4 Å². The third-order valence-electron chi connectivity index (χ3n) is 7.56. The Balaban J connectivity index is 1.45. The summed E-state index contributed by atoms with van der Waals surface area (Å²) in [6.07, 6.45) is 0. The zero-order chi connectivity index (χ0) is 29.5. The van der Waals surface area contributed by atoms with E-state index in [1.54, 1.807) is 24.5 Å². The zero-order valence-corrected chi connectivity index (χ0v) is 24.6. The molecule has 0 atom stereocenters. The molecule has 0 radical (unpaired) electrons. The predicted octanol–water partition coefficient (Wildman–Crippen LogP) is 7.35. The third-order valence-corrected chi connectivity index (χ3v) is 9.30. The summed E-state index contributed by atoms with van der Waals surface area (Å²) in [7, 11) is 1.58. The number of thiophene rings is 1. The molecule has 0 aliphatic heterocycles. The molecule has 214 valence electrons. The monoisotopic (exact) mass is 607 g/mol. The zero-order valence-electron chi connectivity index (χ0n) is 23.0. The third kappa shape index (κ3) is 4.79. The fourth-order valence-electron chi connectivity index (χ4n) is 5.53. The van der Waals surface area contributed by atoms with Crippen LogP contribution in [0.25, 0.3) is 42.5 Å². The lowest BCUT2D eigenvalue weighted by atomic mass is 10.0. The number of hydrogen-bond donors (Lipinski definition) is 2. The fourth-order valence-corrected chi connectivity index (χ4v) is 7.31. The van der Waals surface area contributed by atoms with Crippen LogP contribution in [-0.4, -0.2) is 36.6 Å². The molecule has 0 spiro atoms. The average molecular weight is 608 g/mol. The van der Waals surface area contributed by atoms with Crippen molar-refractivity contribution in [3.05, 3.63) is 107 Å². The molecule has 0 fully saturated rings. The summed E-state index contributed by atoms with van der Waals surface area (Å²) in [5.41, 5.74) is 6.40. The number of aliphatic hydroxyl groups excluding tert-OH is 1. The van der Waals surface area contributed by atoms with E-state index < -0.39 is 5.97 Å². The van der Waals surface area contributed by atoms with Crippen molar-refractivity contribution in [1.82, 2.24) is 13.3 Å². The Morgan fingerprint density at radius 1 is 0.930 bits per heavy atom. The van der Waals surface area contributed by atoms with Crippen LogP contribution in [0.2, 0.25) is 0 Å². The van der Waals surface area contributed by atoms with E-state index in [4.69, 9.17) is 9.47 Å². The van der Waals surface area contributed by atoms with Crippen molar-refractivity contribution in [3.8, 4) is 22.6 Å². The van der Waals surface area contributed by atoms with E-state index in [1.807, 2.05) is 77.4 Å². The second kappa shape index (κ2) is 11.1. The first kappa shape index (κ1) is 27.1. The molecule has 43 heavy (non-hydrogen) atoms. The Labute approximate surface area is 254 Å². The van der Waals surface area contributed by atoms with Crippen molar-refractivity contribution < 1.29 is 24.5 Å². The maximum Gasteiger partial charge on any atom is 0.353 e. The molecule has 0 saturated carbocycles. The molecule has 0 aliphatic rings. The van der Waals surface area contributed by atoms with E-state index in [0.717, 1.165) is 59.8 Å². The molecular weight excluding hydrogens is 583 g/mol. The van der Waals surface area contributed by atoms with Crippen molar-refractivity contribution in [3.63, 3.8) is 0 Å². The molecule has 7 aromatic rings. The van der Waals surface area contributed by atoms with Gasteiger partial charge >= 0.3 is 5.97 Å². The van der Waals surface area contributed by atoms with Crippen LogP contribution in [-0.2, 0) is 19.8 Å². The lowest BCUT2D eigenvalue weighted by Gasteiger charge is -2.15. The second-order valence-corrected chi connectivity index (χ2v) is 11.6. The summed E-state index contributed by atoms with van der Waals surface area (Å²) < 4.78 is 24.4. The maximum absolute atomic E-state index is 13.1. The predicted molar refractivity (Wildman–Crippen MR) is 169 cm³/mol. The lowest BCUT2D eigenvalue weighted by molar-refractivity contribution is 0.0687. The highest BCUT2D eigenvalue weighted by Gasteiger charge is 2.29. The Morgan fingerprint density at radius 3 is 2.53 bits per heavy atom. The van der Waals surface area contributed by atoms with Gasteiger partial charge in [-0.3, -0.25) is 0 Å². The first-order valence-electron chi connectivity index (χ1n) is 13.5. The van der Waals surface area contributed by atoms with Gasteiger partial charge < -0.3 is 24.3 Å². The van der Waals surface area contributed by atoms with E-state index in [2.05, 4.69) is 14.8 Å². The van der Waals surface area contributed by atoms with Gasteiger partial charge in [-0.2, -0.15) is 8.75 Å². The molecule has 8 nitrogen and oxygen atoms in total. The van der Waals surface area contributed by atoms with E-state index in [9.17, 15) is 15.0 Å². The van der Waals surface area contributed by atoms with Gasteiger partial charge in [0.1, 0.15) is 34.8 Å². The van der Waals surface area contributed by atoms with Crippen molar-refractivity contribution in [1.29, 1.82) is 0 Å². The minimum Gasteiger partial charge on any atom is -0.497 e. The summed E-state index contributed by atoms with van der Waals surface area (Å²) in [6.45, 7) is 0.418. The smallest absolute Gasteiger partial charge is 0.353 e. The number of aromatic nitrogens is 3. The van der Waals surface area contributed by atoms with Gasteiger partial charge in [0.15, 0.2) is 0 Å². The molecule has 3 aromatic heterocycles. The molecule has 2 N–H and O–H groups in total. The van der Waals surface area contributed by atoms with Crippen LogP contribution >= 0.6 is 23.1 Å². The SMILES string of the molecule is COc1ccc(-c2c(C(=O)O)n(Cc3ccc4nsnc4c3)c3c2sc2ccccc23)c(OCc2ccccc2CO)c1. The van der Waals surface area contributed by atoms with Crippen molar-refractivity contribution in [2.45, 2.75) is 19.8 Å². The average Bonchev–Trinajstić information content (AvgIpc) is 3.73. The topological polar surface area (TPSA) is 107 Å². The number of aromatic carboxylic acids is 1. The summed E-state index contributed by atoms with van der Waals surface area (Å²) in [5.74, 6) is 0.0376. The van der Waals surface area contributed by atoms with Gasteiger partial charge in [0.05, 0.1) is 35.7 Å². The van der Waals surface area contributed by atoms with Gasteiger partial charge in [-0.05, 0) is 47.0 Å².